The molecule has 2 aliphatic heterocycles. The Bertz CT molecular complexity index is 520. The van der Waals surface area contributed by atoms with Crippen LogP contribution in [-0.4, -0.2) is 15.0 Å². The molecule has 3 rings (SSSR count). The van der Waals surface area contributed by atoms with Crippen LogP contribution in [0.15, 0.2) is 30.5 Å². The Morgan fingerprint density at radius 1 is 1.29 bits per heavy atom. The second-order valence-electron chi connectivity index (χ2n) is 3.19. The highest BCUT2D eigenvalue weighted by molar-refractivity contribution is 5.82. The largest absolute Gasteiger partial charge is 0.384 e. The summed E-state index contributed by atoms with van der Waals surface area (Å²) in [6, 6.07) is 7.67. The summed E-state index contributed by atoms with van der Waals surface area (Å²) in [5.74, 6) is 0.534. The molecule has 0 saturated heterocycles. The molecule has 0 unspecified atom stereocenters. The number of hydrogen-bond acceptors (Lipinski definition) is 3. The minimum atomic E-state index is 0.534. The molecule has 0 spiro atoms. The zero-order valence-electron chi connectivity index (χ0n) is 7.36. The van der Waals surface area contributed by atoms with Crippen molar-refractivity contribution in [3.05, 3.63) is 30.5 Å². The van der Waals surface area contributed by atoms with Crippen LogP contribution in [0, 0.1) is 0 Å². The summed E-state index contributed by atoms with van der Waals surface area (Å²) in [5, 5.41) is 1.04. The van der Waals surface area contributed by atoms with Crippen LogP contribution in [0.5, 0.6) is 0 Å². The standard InChI is InChI=1S/C10H8N4/c11-9-5-8-7(13-9)4-6-2-1-3-12-10(6)14-8/h1-5H,(H2,11,13)(H,12,14). The average molecular weight is 184 g/mol. The maximum Gasteiger partial charge on any atom is 0.137 e. The number of nitrogens with two attached hydrogens (primary N) is 1. The third kappa shape index (κ3) is 0.939. The topological polar surface area (TPSA) is 67.6 Å². The van der Waals surface area contributed by atoms with Crippen LogP contribution in [0.3, 0.4) is 0 Å². The molecule has 0 radical (unpaired) electrons. The van der Waals surface area contributed by atoms with E-state index in [0.717, 1.165) is 22.4 Å². The first kappa shape index (κ1) is 7.32. The average Bonchev–Trinajstić information content (AvgIpc) is 2.53. The lowest BCUT2D eigenvalue weighted by Gasteiger charge is -2.00. The Kier molecular flexibility index (Phi) is 1.28. The molecular formula is C10H8N4. The van der Waals surface area contributed by atoms with Crippen molar-refractivity contribution >= 4 is 16.9 Å². The molecule has 2 aliphatic rings. The molecule has 3 N–H and O–H groups in total. The molecule has 0 bridgehead atoms. The second-order valence-corrected chi connectivity index (χ2v) is 3.19. The number of fused-ring (bicyclic) bond motifs is 2. The number of aromatic amines is 1. The van der Waals surface area contributed by atoms with Crippen LogP contribution >= 0.6 is 0 Å². The van der Waals surface area contributed by atoms with Gasteiger partial charge in [0.2, 0.25) is 0 Å². The Hall–Kier alpha value is -2.10. The summed E-state index contributed by atoms with van der Waals surface area (Å²) >= 11 is 0. The van der Waals surface area contributed by atoms with Gasteiger partial charge in [0, 0.05) is 17.6 Å². The van der Waals surface area contributed by atoms with Gasteiger partial charge in [-0.25, -0.2) is 9.97 Å². The van der Waals surface area contributed by atoms with E-state index in [1.54, 1.807) is 6.20 Å². The lowest BCUT2D eigenvalue weighted by molar-refractivity contribution is 1.28. The van der Waals surface area contributed by atoms with Crippen molar-refractivity contribution in [1.29, 1.82) is 0 Å². The van der Waals surface area contributed by atoms with Gasteiger partial charge in [-0.2, -0.15) is 0 Å². The SMILES string of the molecule is Nc1cc2[nH]c3ncccc3cc-2n1. The van der Waals surface area contributed by atoms with Crippen molar-refractivity contribution in [1.82, 2.24) is 15.0 Å². The van der Waals surface area contributed by atoms with Gasteiger partial charge in [-0.1, -0.05) is 0 Å². The number of rotatable bonds is 0. The Balaban J connectivity index is 2.47. The number of nitrogens with one attached hydrogen (secondary N) is 1. The van der Waals surface area contributed by atoms with Crippen LogP contribution in [-0.2, 0) is 0 Å². The van der Waals surface area contributed by atoms with E-state index in [4.69, 9.17) is 5.73 Å². The number of nitrogens with zero attached hydrogens (tertiary/aromatic N) is 2. The highest BCUT2D eigenvalue weighted by Gasteiger charge is 2.08. The fourth-order valence-corrected chi connectivity index (χ4v) is 1.58. The van der Waals surface area contributed by atoms with Gasteiger partial charge >= 0.3 is 0 Å². The Morgan fingerprint density at radius 3 is 3.14 bits per heavy atom. The molecule has 68 valence electrons. The zero-order chi connectivity index (χ0) is 9.54. The monoisotopic (exact) mass is 184 g/mol. The molecule has 0 fully saturated rings. The van der Waals surface area contributed by atoms with Gasteiger partial charge in [0.15, 0.2) is 0 Å². The van der Waals surface area contributed by atoms with Crippen molar-refractivity contribution < 1.29 is 0 Å². The first-order valence-electron chi connectivity index (χ1n) is 4.33. The van der Waals surface area contributed by atoms with Gasteiger partial charge in [-0.05, 0) is 18.2 Å². The molecule has 0 saturated carbocycles. The fourth-order valence-electron chi connectivity index (χ4n) is 1.58. The van der Waals surface area contributed by atoms with Crippen LogP contribution in [0.25, 0.3) is 22.4 Å². The van der Waals surface area contributed by atoms with Gasteiger partial charge in [0.25, 0.3) is 0 Å². The lowest BCUT2D eigenvalue weighted by atomic mass is 10.2. The van der Waals surface area contributed by atoms with Crippen molar-refractivity contribution in [2.45, 2.75) is 0 Å². The number of nitrogen functional groups attached to an aromatic ring is 1. The molecule has 1 aromatic rings. The second kappa shape index (κ2) is 2.45. The van der Waals surface area contributed by atoms with Crippen LogP contribution < -0.4 is 5.73 Å². The molecule has 0 atom stereocenters. The van der Waals surface area contributed by atoms with Crippen LogP contribution in [0.2, 0.25) is 0 Å². The number of pyridine rings is 2. The molecular weight excluding hydrogens is 176 g/mol. The van der Waals surface area contributed by atoms with E-state index >= 15 is 0 Å². The predicted octanol–water partition coefficient (Wildman–Crippen LogP) is 1.64. The molecule has 4 heteroatoms. The van der Waals surface area contributed by atoms with Crippen LogP contribution in [0.1, 0.15) is 0 Å². The van der Waals surface area contributed by atoms with E-state index in [0.29, 0.717) is 5.82 Å². The van der Waals surface area contributed by atoms with E-state index < -0.39 is 0 Å². The van der Waals surface area contributed by atoms with Crippen LogP contribution in [0.4, 0.5) is 5.82 Å². The fraction of sp³-hybridized carbons (Fsp3) is 0. The zero-order valence-corrected chi connectivity index (χ0v) is 7.36. The summed E-state index contributed by atoms with van der Waals surface area (Å²) < 4.78 is 0. The maximum atomic E-state index is 5.60. The number of aromatic nitrogens is 3. The lowest BCUT2D eigenvalue weighted by Crippen LogP contribution is -1.87. The highest BCUT2D eigenvalue weighted by atomic mass is 14.9. The van der Waals surface area contributed by atoms with Crippen molar-refractivity contribution in [3.63, 3.8) is 0 Å². The van der Waals surface area contributed by atoms with Crippen molar-refractivity contribution in [3.8, 4) is 11.4 Å². The van der Waals surface area contributed by atoms with Crippen molar-refractivity contribution in [2.75, 3.05) is 5.73 Å². The molecule has 0 aromatic carbocycles. The van der Waals surface area contributed by atoms with E-state index in [2.05, 4.69) is 15.0 Å². The Morgan fingerprint density at radius 2 is 2.21 bits per heavy atom. The first-order chi connectivity index (χ1) is 6.83. The number of H-pyrrole nitrogens is 1. The quantitative estimate of drug-likeness (QED) is 0.558. The summed E-state index contributed by atoms with van der Waals surface area (Å²) in [6.45, 7) is 0. The third-order valence-electron chi connectivity index (χ3n) is 2.20. The van der Waals surface area contributed by atoms with E-state index in [9.17, 15) is 0 Å². The van der Waals surface area contributed by atoms with E-state index in [-0.39, 0.29) is 0 Å². The molecule has 0 amide bonds. The van der Waals surface area contributed by atoms with Gasteiger partial charge in [-0.3, -0.25) is 0 Å². The molecule has 1 aromatic heterocycles. The van der Waals surface area contributed by atoms with Gasteiger partial charge in [0.05, 0.1) is 11.4 Å². The number of hydrogen-bond donors (Lipinski definition) is 2. The van der Waals surface area contributed by atoms with Crippen molar-refractivity contribution in [2.24, 2.45) is 0 Å². The maximum absolute atomic E-state index is 5.60. The van der Waals surface area contributed by atoms with Gasteiger partial charge in [0.1, 0.15) is 11.5 Å². The normalized spacial score (nSPS) is 11.1. The molecule has 4 nitrogen and oxygen atoms in total. The first-order valence-corrected chi connectivity index (χ1v) is 4.33. The third-order valence-corrected chi connectivity index (χ3v) is 2.20. The minimum Gasteiger partial charge on any atom is -0.384 e. The summed E-state index contributed by atoms with van der Waals surface area (Å²) in [6.07, 6.45) is 1.75. The summed E-state index contributed by atoms with van der Waals surface area (Å²) in [5.41, 5.74) is 8.26. The van der Waals surface area contributed by atoms with E-state index in [1.165, 1.54) is 0 Å². The predicted molar refractivity (Wildman–Crippen MR) is 54.9 cm³/mol. The minimum absolute atomic E-state index is 0.534. The Labute approximate surface area is 80.1 Å². The number of anilines is 1. The molecule has 14 heavy (non-hydrogen) atoms. The molecule has 0 aliphatic carbocycles. The van der Waals surface area contributed by atoms with E-state index in [1.807, 2.05) is 24.3 Å². The van der Waals surface area contributed by atoms with Gasteiger partial charge in [-0.15, -0.1) is 0 Å². The molecule has 3 heterocycles. The highest BCUT2D eigenvalue weighted by Crippen LogP contribution is 2.24. The van der Waals surface area contributed by atoms with Gasteiger partial charge < -0.3 is 10.7 Å². The summed E-state index contributed by atoms with van der Waals surface area (Å²) in [4.78, 5) is 11.6. The summed E-state index contributed by atoms with van der Waals surface area (Å²) in [7, 11) is 0. The smallest absolute Gasteiger partial charge is 0.137 e.